The number of aliphatic hydroxyl groups excluding tert-OH is 1. The van der Waals surface area contributed by atoms with Gasteiger partial charge >= 0.3 is 0 Å². The zero-order chi connectivity index (χ0) is 17.4. The van der Waals surface area contributed by atoms with Gasteiger partial charge in [-0.3, -0.25) is 9.59 Å². The van der Waals surface area contributed by atoms with Gasteiger partial charge in [-0.2, -0.15) is 0 Å². The van der Waals surface area contributed by atoms with Crippen molar-refractivity contribution in [2.75, 3.05) is 6.61 Å². The Morgan fingerprint density at radius 2 is 1.67 bits per heavy atom. The molecule has 1 atom stereocenters. The van der Waals surface area contributed by atoms with E-state index in [1.165, 1.54) is 12.1 Å². The number of carbonyl (C=O) groups is 2. The van der Waals surface area contributed by atoms with Crippen LogP contribution in [0, 0.1) is 5.82 Å². The van der Waals surface area contributed by atoms with Gasteiger partial charge in [0.2, 0.25) is 11.8 Å². The molecule has 2 aromatic rings. The van der Waals surface area contributed by atoms with Gasteiger partial charge in [0, 0.05) is 6.54 Å². The van der Waals surface area contributed by atoms with Crippen molar-refractivity contribution in [3.63, 3.8) is 0 Å². The zero-order valence-corrected chi connectivity index (χ0v) is 13.0. The Morgan fingerprint density at radius 1 is 1.00 bits per heavy atom. The fraction of sp³-hybridized carbons (Fsp3) is 0.222. The van der Waals surface area contributed by atoms with Gasteiger partial charge in [-0.1, -0.05) is 42.5 Å². The van der Waals surface area contributed by atoms with Crippen molar-refractivity contribution in [1.29, 1.82) is 0 Å². The van der Waals surface area contributed by atoms with Crippen LogP contribution in [0.5, 0.6) is 0 Å². The molecule has 126 valence electrons. The standard InChI is InChI=1S/C18H19FN2O3/c19-15-8-6-14(7-9-15)11-20-18(24)16(12-22)21-17(23)10-13-4-2-1-3-5-13/h1-9,16,22H,10-12H2,(H,20,24)(H,21,23)/t16-/m0/s1. The van der Waals surface area contributed by atoms with E-state index < -0.39 is 18.6 Å². The minimum absolute atomic E-state index is 0.128. The van der Waals surface area contributed by atoms with Crippen molar-refractivity contribution in [3.8, 4) is 0 Å². The fourth-order valence-electron chi connectivity index (χ4n) is 2.14. The molecule has 0 aliphatic rings. The number of hydrogen-bond acceptors (Lipinski definition) is 3. The first-order chi connectivity index (χ1) is 11.6. The predicted molar refractivity (Wildman–Crippen MR) is 87.4 cm³/mol. The molecule has 5 nitrogen and oxygen atoms in total. The van der Waals surface area contributed by atoms with E-state index in [0.717, 1.165) is 11.1 Å². The van der Waals surface area contributed by atoms with Gasteiger partial charge in [0.15, 0.2) is 0 Å². The van der Waals surface area contributed by atoms with Crippen LogP contribution in [0.2, 0.25) is 0 Å². The normalized spacial score (nSPS) is 11.6. The molecule has 0 saturated carbocycles. The minimum Gasteiger partial charge on any atom is -0.394 e. The van der Waals surface area contributed by atoms with Crippen LogP contribution in [0.3, 0.4) is 0 Å². The average Bonchev–Trinajstić information content (AvgIpc) is 2.59. The molecule has 0 unspecified atom stereocenters. The van der Waals surface area contributed by atoms with Crippen molar-refractivity contribution in [2.45, 2.75) is 19.0 Å². The second kappa shape index (κ2) is 8.79. The van der Waals surface area contributed by atoms with Gasteiger partial charge in [-0.05, 0) is 23.3 Å². The van der Waals surface area contributed by atoms with E-state index in [1.807, 2.05) is 30.3 Å². The van der Waals surface area contributed by atoms with Crippen LogP contribution >= 0.6 is 0 Å². The Kier molecular flexibility index (Phi) is 6.45. The van der Waals surface area contributed by atoms with Crippen LogP contribution in [0.4, 0.5) is 4.39 Å². The number of amides is 2. The first-order valence-corrected chi connectivity index (χ1v) is 7.55. The molecule has 0 aliphatic heterocycles. The third-order valence-corrected chi connectivity index (χ3v) is 3.42. The van der Waals surface area contributed by atoms with E-state index in [4.69, 9.17) is 0 Å². The predicted octanol–water partition coefficient (Wildman–Crippen LogP) is 1.16. The van der Waals surface area contributed by atoms with Crippen LogP contribution in [-0.2, 0) is 22.6 Å². The highest BCUT2D eigenvalue weighted by Gasteiger charge is 2.19. The zero-order valence-electron chi connectivity index (χ0n) is 13.0. The summed E-state index contributed by atoms with van der Waals surface area (Å²) in [5, 5.41) is 14.4. The summed E-state index contributed by atoms with van der Waals surface area (Å²) in [4.78, 5) is 24.0. The number of benzene rings is 2. The van der Waals surface area contributed by atoms with Crippen LogP contribution in [-0.4, -0.2) is 29.6 Å². The lowest BCUT2D eigenvalue weighted by molar-refractivity contribution is -0.129. The molecular weight excluding hydrogens is 311 g/mol. The monoisotopic (exact) mass is 330 g/mol. The molecule has 0 saturated heterocycles. The van der Waals surface area contributed by atoms with Gasteiger partial charge in [-0.25, -0.2) is 4.39 Å². The van der Waals surface area contributed by atoms with Crippen molar-refractivity contribution in [3.05, 3.63) is 71.5 Å². The van der Waals surface area contributed by atoms with Gasteiger partial charge in [-0.15, -0.1) is 0 Å². The van der Waals surface area contributed by atoms with E-state index in [1.54, 1.807) is 12.1 Å². The molecule has 6 heteroatoms. The summed E-state index contributed by atoms with van der Waals surface area (Å²) in [6.45, 7) is -0.319. The first-order valence-electron chi connectivity index (χ1n) is 7.55. The molecule has 2 rings (SSSR count). The van der Waals surface area contributed by atoms with E-state index in [-0.39, 0.29) is 24.7 Å². The molecule has 0 bridgehead atoms. The summed E-state index contributed by atoms with van der Waals surface area (Å²) >= 11 is 0. The molecule has 2 aromatic carbocycles. The Labute approximate surface area is 139 Å². The topological polar surface area (TPSA) is 78.4 Å². The van der Waals surface area contributed by atoms with Crippen LogP contribution in [0.1, 0.15) is 11.1 Å². The number of rotatable bonds is 7. The lowest BCUT2D eigenvalue weighted by atomic mass is 10.1. The summed E-state index contributed by atoms with van der Waals surface area (Å²) in [6.07, 6.45) is 0.128. The summed E-state index contributed by atoms with van der Waals surface area (Å²) in [7, 11) is 0. The van der Waals surface area contributed by atoms with Crippen LogP contribution < -0.4 is 10.6 Å². The third-order valence-electron chi connectivity index (χ3n) is 3.42. The minimum atomic E-state index is -1.03. The first kappa shape index (κ1) is 17.6. The maximum absolute atomic E-state index is 12.8. The Morgan fingerprint density at radius 3 is 2.29 bits per heavy atom. The Hall–Kier alpha value is -2.73. The highest BCUT2D eigenvalue weighted by molar-refractivity contribution is 5.88. The molecule has 0 aromatic heterocycles. The quantitative estimate of drug-likeness (QED) is 0.713. The molecule has 0 aliphatic carbocycles. The number of aliphatic hydroxyl groups is 1. The van der Waals surface area contributed by atoms with Crippen molar-refractivity contribution in [1.82, 2.24) is 10.6 Å². The SMILES string of the molecule is O=C(Cc1ccccc1)N[C@@H](CO)C(=O)NCc1ccc(F)cc1. The Balaban J connectivity index is 1.84. The average molecular weight is 330 g/mol. The Bertz CT molecular complexity index is 674. The number of nitrogens with one attached hydrogen (secondary N) is 2. The third kappa shape index (κ3) is 5.48. The van der Waals surface area contributed by atoms with Crippen molar-refractivity contribution < 1.29 is 19.1 Å². The number of carbonyl (C=O) groups excluding carboxylic acids is 2. The molecule has 3 N–H and O–H groups in total. The lowest BCUT2D eigenvalue weighted by Crippen LogP contribution is -2.49. The van der Waals surface area contributed by atoms with Crippen LogP contribution in [0.15, 0.2) is 54.6 Å². The summed E-state index contributed by atoms with van der Waals surface area (Å²) in [5.41, 5.74) is 1.54. The van der Waals surface area contributed by atoms with Gasteiger partial charge in [0.05, 0.1) is 13.0 Å². The molecule has 24 heavy (non-hydrogen) atoms. The van der Waals surface area contributed by atoms with Gasteiger partial charge in [0.1, 0.15) is 11.9 Å². The summed E-state index contributed by atoms with van der Waals surface area (Å²) < 4.78 is 12.8. The van der Waals surface area contributed by atoms with Crippen molar-refractivity contribution in [2.24, 2.45) is 0 Å². The summed E-state index contributed by atoms with van der Waals surface area (Å²) in [5.74, 6) is -1.20. The van der Waals surface area contributed by atoms with E-state index in [2.05, 4.69) is 10.6 Å². The van der Waals surface area contributed by atoms with Gasteiger partial charge < -0.3 is 15.7 Å². The highest BCUT2D eigenvalue weighted by atomic mass is 19.1. The second-order valence-electron chi connectivity index (χ2n) is 5.31. The molecule has 0 spiro atoms. The number of hydrogen-bond donors (Lipinski definition) is 3. The largest absolute Gasteiger partial charge is 0.394 e. The van der Waals surface area contributed by atoms with Crippen molar-refractivity contribution >= 4 is 11.8 Å². The molecule has 0 heterocycles. The fourth-order valence-corrected chi connectivity index (χ4v) is 2.14. The molecule has 0 radical (unpaired) electrons. The maximum atomic E-state index is 12.8. The molecule has 0 fully saturated rings. The molecule has 2 amide bonds. The van der Waals surface area contributed by atoms with E-state index >= 15 is 0 Å². The van der Waals surface area contributed by atoms with Crippen LogP contribution in [0.25, 0.3) is 0 Å². The maximum Gasteiger partial charge on any atom is 0.245 e. The van der Waals surface area contributed by atoms with Gasteiger partial charge in [0.25, 0.3) is 0 Å². The lowest BCUT2D eigenvalue weighted by Gasteiger charge is -2.16. The second-order valence-corrected chi connectivity index (χ2v) is 5.31. The highest BCUT2D eigenvalue weighted by Crippen LogP contribution is 2.03. The number of halogens is 1. The summed E-state index contributed by atoms with van der Waals surface area (Å²) in [6, 6.07) is 13.8. The van der Waals surface area contributed by atoms with E-state index in [9.17, 15) is 19.1 Å². The molecular formula is C18H19FN2O3. The van der Waals surface area contributed by atoms with E-state index in [0.29, 0.717) is 0 Å². The smallest absolute Gasteiger partial charge is 0.245 e.